The van der Waals surface area contributed by atoms with Crippen LogP contribution in [0.4, 0.5) is 0 Å². The molecule has 1 aliphatic heterocycles. The predicted octanol–water partition coefficient (Wildman–Crippen LogP) is 0.310. The minimum atomic E-state index is -1.07. The first kappa shape index (κ1) is 12.2. The Hall–Kier alpha value is -1.85. The molecule has 0 bridgehead atoms. The van der Waals surface area contributed by atoms with Crippen molar-refractivity contribution >= 4 is 17.7 Å². The van der Waals surface area contributed by atoms with E-state index >= 15 is 0 Å². The van der Waals surface area contributed by atoms with Gasteiger partial charge in [-0.1, -0.05) is 0 Å². The molecule has 0 spiro atoms. The molecule has 0 aromatic heterocycles. The monoisotopic (exact) mass is 228 g/mol. The highest BCUT2D eigenvalue weighted by atomic mass is 16.6. The molecular formula is C10H12O6. The molecule has 0 aliphatic carbocycles. The van der Waals surface area contributed by atoms with Gasteiger partial charge < -0.3 is 14.2 Å². The summed E-state index contributed by atoms with van der Waals surface area (Å²) in [6.07, 6.45) is -0.624. The van der Waals surface area contributed by atoms with Gasteiger partial charge in [-0.15, -0.1) is 0 Å². The van der Waals surface area contributed by atoms with Crippen molar-refractivity contribution in [2.75, 3.05) is 0 Å². The standard InChI is InChI=1S/C10H12O6/c1-5-10(16-7(3)12)9(13)8(4-14-5)15-6(2)11/h4-5,10H,1-3H3/t5-,10-/m1/s1. The van der Waals surface area contributed by atoms with Crippen molar-refractivity contribution in [1.29, 1.82) is 0 Å². The second kappa shape index (κ2) is 4.78. The number of ketones is 1. The number of ether oxygens (including phenoxy) is 3. The lowest BCUT2D eigenvalue weighted by Gasteiger charge is -2.26. The maximum Gasteiger partial charge on any atom is 0.308 e. The lowest BCUT2D eigenvalue weighted by molar-refractivity contribution is -0.163. The molecule has 1 aliphatic rings. The zero-order valence-corrected chi connectivity index (χ0v) is 9.18. The third-order valence-electron chi connectivity index (χ3n) is 1.86. The average molecular weight is 228 g/mol. The van der Waals surface area contributed by atoms with Gasteiger partial charge in [-0.3, -0.25) is 14.4 Å². The lowest BCUT2D eigenvalue weighted by atomic mass is 10.1. The van der Waals surface area contributed by atoms with Crippen LogP contribution in [0.2, 0.25) is 0 Å². The fraction of sp³-hybridized carbons (Fsp3) is 0.500. The predicted molar refractivity (Wildman–Crippen MR) is 51.0 cm³/mol. The van der Waals surface area contributed by atoms with Crippen molar-refractivity contribution < 1.29 is 28.6 Å². The Bertz CT molecular complexity index is 356. The molecule has 6 nitrogen and oxygen atoms in total. The van der Waals surface area contributed by atoms with Crippen LogP contribution in [0.25, 0.3) is 0 Å². The van der Waals surface area contributed by atoms with Gasteiger partial charge in [-0.2, -0.15) is 0 Å². The molecule has 0 radical (unpaired) electrons. The van der Waals surface area contributed by atoms with E-state index in [0.29, 0.717) is 0 Å². The maximum absolute atomic E-state index is 11.7. The Labute approximate surface area is 92.2 Å². The van der Waals surface area contributed by atoms with E-state index in [1.807, 2.05) is 0 Å². The Morgan fingerprint density at radius 3 is 2.44 bits per heavy atom. The second-order valence-corrected chi connectivity index (χ2v) is 3.31. The first-order chi connectivity index (χ1) is 7.41. The fourth-order valence-corrected chi connectivity index (χ4v) is 1.21. The van der Waals surface area contributed by atoms with Crippen molar-refractivity contribution in [2.24, 2.45) is 0 Å². The maximum atomic E-state index is 11.7. The molecule has 0 N–H and O–H groups in total. The van der Waals surface area contributed by atoms with Crippen LogP contribution in [-0.2, 0) is 28.6 Å². The van der Waals surface area contributed by atoms with Gasteiger partial charge in [-0.05, 0) is 6.92 Å². The number of carbonyl (C=O) groups excluding carboxylic acids is 3. The van der Waals surface area contributed by atoms with Crippen LogP contribution in [-0.4, -0.2) is 29.9 Å². The van der Waals surface area contributed by atoms with Crippen molar-refractivity contribution in [2.45, 2.75) is 33.0 Å². The summed E-state index contributed by atoms with van der Waals surface area (Å²) in [6, 6.07) is 0. The summed E-state index contributed by atoms with van der Waals surface area (Å²) >= 11 is 0. The molecule has 6 heteroatoms. The topological polar surface area (TPSA) is 78.9 Å². The van der Waals surface area contributed by atoms with Crippen molar-refractivity contribution in [1.82, 2.24) is 0 Å². The first-order valence-electron chi connectivity index (χ1n) is 4.67. The molecular weight excluding hydrogens is 216 g/mol. The number of Topliss-reactive ketones (excluding diaryl/α,β-unsaturated/α-hetero) is 1. The summed E-state index contributed by atoms with van der Waals surface area (Å²) in [6.45, 7) is 3.92. The van der Waals surface area contributed by atoms with Crippen LogP contribution in [0, 0.1) is 0 Å². The summed E-state index contributed by atoms with van der Waals surface area (Å²) < 4.78 is 14.4. The SMILES string of the molecule is CC(=O)OC1=CO[C@H](C)[C@@H](OC(C)=O)C1=O. The molecule has 0 saturated carbocycles. The van der Waals surface area contributed by atoms with Crippen molar-refractivity contribution in [3.63, 3.8) is 0 Å². The van der Waals surface area contributed by atoms with Gasteiger partial charge in [0.25, 0.3) is 0 Å². The van der Waals surface area contributed by atoms with Crippen LogP contribution in [0.5, 0.6) is 0 Å². The number of carbonyl (C=O) groups is 3. The zero-order chi connectivity index (χ0) is 12.3. The quantitative estimate of drug-likeness (QED) is 0.633. The average Bonchev–Trinajstić information content (AvgIpc) is 2.16. The zero-order valence-electron chi connectivity index (χ0n) is 9.18. The molecule has 0 unspecified atom stereocenters. The minimum Gasteiger partial charge on any atom is -0.490 e. The van der Waals surface area contributed by atoms with Gasteiger partial charge in [0, 0.05) is 13.8 Å². The van der Waals surface area contributed by atoms with Crippen LogP contribution in [0.15, 0.2) is 12.0 Å². The molecule has 1 heterocycles. The summed E-state index contributed by atoms with van der Waals surface area (Å²) in [5.74, 6) is -2.07. The van der Waals surface area contributed by atoms with Crippen LogP contribution >= 0.6 is 0 Å². The highest BCUT2D eigenvalue weighted by Gasteiger charge is 2.37. The number of rotatable bonds is 2. The summed E-state index contributed by atoms with van der Waals surface area (Å²) in [5, 5.41) is 0. The Morgan fingerprint density at radius 2 is 1.94 bits per heavy atom. The fourth-order valence-electron chi connectivity index (χ4n) is 1.21. The summed E-state index contributed by atoms with van der Waals surface area (Å²) in [7, 11) is 0. The van der Waals surface area contributed by atoms with E-state index in [9.17, 15) is 14.4 Å². The summed E-state index contributed by atoms with van der Waals surface area (Å²) in [4.78, 5) is 33.2. The first-order valence-corrected chi connectivity index (χ1v) is 4.67. The van der Waals surface area contributed by atoms with Crippen molar-refractivity contribution in [3.8, 4) is 0 Å². The molecule has 0 aromatic rings. The van der Waals surface area contributed by atoms with Crippen LogP contribution in [0.3, 0.4) is 0 Å². The highest BCUT2D eigenvalue weighted by molar-refractivity contribution is 6.00. The number of esters is 2. The molecule has 0 saturated heterocycles. The molecule has 0 amide bonds. The normalized spacial score (nSPS) is 24.2. The molecule has 0 fully saturated rings. The van der Waals surface area contributed by atoms with Gasteiger partial charge in [0.2, 0.25) is 17.6 Å². The largest absolute Gasteiger partial charge is 0.490 e. The van der Waals surface area contributed by atoms with E-state index in [1.165, 1.54) is 6.92 Å². The number of hydrogen-bond donors (Lipinski definition) is 0. The van der Waals surface area contributed by atoms with Crippen molar-refractivity contribution in [3.05, 3.63) is 12.0 Å². The molecule has 0 aromatic carbocycles. The number of hydrogen-bond acceptors (Lipinski definition) is 6. The van der Waals surface area contributed by atoms with E-state index in [2.05, 4.69) is 4.74 Å². The second-order valence-electron chi connectivity index (χ2n) is 3.31. The van der Waals surface area contributed by atoms with Gasteiger partial charge in [0.1, 0.15) is 12.4 Å². The van der Waals surface area contributed by atoms with E-state index < -0.39 is 29.9 Å². The van der Waals surface area contributed by atoms with Crippen LogP contribution in [0.1, 0.15) is 20.8 Å². The third kappa shape index (κ3) is 2.82. The Morgan fingerprint density at radius 1 is 1.31 bits per heavy atom. The van der Waals surface area contributed by atoms with E-state index in [0.717, 1.165) is 13.2 Å². The molecule has 16 heavy (non-hydrogen) atoms. The van der Waals surface area contributed by atoms with Gasteiger partial charge >= 0.3 is 11.9 Å². The van der Waals surface area contributed by atoms with E-state index in [4.69, 9.17) is 9.47 Å². The van der Waals surface area contributed by atoms with Gasteiger partial charge in [0.05, 0.1) is 0 Å². The summed E-state index contributed by atoms with van der Waals surface area (Å²) in [5.41, 5.74) is 0. The molecule has 88 valence electrons. The smallest absolute Gasteiger partial charge is 0.308 e. The van der Waals surface area contributed by atoms with E-state index in [-0.39, 0.29) is 5.76 Å². The van der Waals surface area contributed by atoms with E-state index in [1.54, 1.807) is 6.92 Å². The molecule has 2 atom stereocenters. The minimum absolute atomic E-state index is 0.253. The molecule has 1 rings (SSSR count). The Balaban J connectivity index is 2.81. The van der Waals surface area contributed by atoms with Gasteiger partial charge in [0.15, 0.2) is 0 Å². The highest BCUT2D eigenvalue weighted by Crippen LogP contribution is 2.18. The Kier molecular flexibility index (Phi) is 3.65. The lowest BCUT2D eigenvalue weighted by Crippen LogP contribution is -2.41. The van der Waals surface area contributed by atoms with Gasteiger partial charge in [-0.25, -0.2) is 0 Å². The van der Waals surface area contributed by atoms with Crippen LogP contribution < -0.4 is 0 Å². The third-order valence-corrected chi connectivity index (χ3v) is 1.86.